The zero-order valence-corrected chi connectivity index (χ0v) is 17.0. The van der Waals surface area contributed by atoms with Gasteiger partial charge in [0, 0.05) is 16.6 Å². The van der Waals surface area contributed by atoms with E-state index >= 15 is 0 Å². The fraction of sp³-hybridized carbons (Fsp3) is 0.409. The number of hydrogen-bond donors (Lipinski definition) is 0. The number of para-hydroxylation sites is 1. The van der Waals surface area contributed by atoms with Gasteiger partial charge in [-0.3, -0.25) is 14.2 Å². The molecular weight excluding hydrogens is 370 g/mol. The number of carbonyl (C=O) groups excluding carboxylic acids is 1. The Morgan fingerprint density at radius 2 is 2.07 bits per heavy atom. The number of benzene rings is 1. The Balaban J connectivity index is 1.50. The number of thiophene rings is 1. The highest BCUT2D eigenvalue weighted by Crippen LogP contribution is 2.36. The van der Waals surface area contributed by atoms with E-state index < -0.39 is 0 Å². The van der Waals surface area contributed by atoms with Crippen LogP contribution in [0.15, 0.2) is 35.4 Å². The molecular formula is C22H23N3O2S. The summed E-state index contributed by atoms with van der Waals surface area (Å²) in [6.45, 7) is 4.34. The molecule has 3 heterocycles. The standard InChI is InChI=1S/C22H23N3O2S/c1-13-7-8-16-18(9-13)28-21-20(16)22(27)24(12-23-21)11-19(26)25-14(2)10-15-5-3-4-6-17(15)25/h3-6,12-14H,7-11H2,1-2H3/t13-,14-/m0/s1. The average molecular weight is 394 g/mol. The Kier molecular flexibility index (Phi) is 4.12. The van der Waals surface area contributed by atoms with Gasteiger partial charge in [-0.25, -0.2) is 4.98 Å². The first-order chi connectivity index (χ1) is 13.5. The molecule has 1 amide bonds. The van der Waals surface area contributed by atoms with E-state index in [1.165, 1.54) is 15.0 Å². The van der Waals surface area contributed by atoms with Crippen molar-refractivity contribution in [2.75, 3.05) is 4.90 Å². The SMILES string of the molecule is C[C@H]1CCc2c(sc3ncn(CC(=O)N4c5ccccc5C[C@@H]4C)c(=O)c23)C1. The molecule has 0 spiro atoms. The maximum Gasteiger partial charge on any atom is 0.262 e. The van der Waals surface area contributed by atoms with Crippen LogP contribution in [0.1, 0.15) is 36.3 Å². The van der Waals surface area contributed by atoms with Gasteiger partial charge in [-0.15, -0.1) is 11.3 Å². The van der Waals surface area contributed by atoms with E-state index in [-0.39, 0.29) is 24.1 Å². The van der Waals surface area contributed by atoms with Crippen molar-refractivity contribution in [1.82, 2.24) is 9.55 Å². The number of rotatable bonds is 2. The molecule has 0 unspecified atom stereocenters. The maximum absolute atomic E-state index is 13.2. The second kappa shape index (κ2) is 6.55. The average Bonchev–Trinajstić information content (AvgIpc) is 3.20. The van der Waals surface area contributed by atoms with Gasteiger partial charge in [0.1, 0.15) is 11.4 Å². The first-order valence-corrected chi connectivity index (χ1v) is 10.7. The van der Waals surface area contributed by atoms with Crippen LogP contribution in [0, 0.1) is 5.92 Å². The van der Waals surface area contributed by atoms with Crippen LogP contribution in [0.4, 0.5) is 5.69 Å². The molecule has 0 radical (unpaired) electrons. The highest BCUT2D eigenvalue weighted by molar-refractivity contribution is 7.18. The summed E-state index contributed by atoms with van der Waals surface area (Å²) in [6, 6.07) is 8.11. The molecule has 144 valence electrons. The molecule has 1 aromatic carbocycles. The monoisotopic (exact) mass is 393 g/mol. The molecule has 1 aliphatic carbocycles. The van der Waals surface area contributed by atoms with Crippen molar-refractivity contribution in [3.63, 3.8) is 0 Å². The molecule has 0 saturated heterocycles. The number of hydrogen-bond acceptors (Lipinski definition) is 4. The third-order valence-corrected chi connectivity index (χ3v) is 7.23. The van der Waals surface area contributed by atoms with Crippen molar-refractivity contribution in [2.45, 2.75) is 52.1 Å². The second-order valence-electron chi connectivity index (χ2n) is 8.16. The number of amides is 1. The largest absolute Gasteiger partial charge is 0.307 e. The molecule has 28 heavy (non-hydrogen) atoms. The topological polar surface area (TPSA) is 55.2 Å². The summed E-state index contributed by atoms with van der Waals surface area (Å²) in [6.07, 6.45) is 5.46. The summed E-state index contributed by atoms with van der Waals surface area (Å²) >= 11 is 1.64. The lowest BCUT2D eigenvalue weighted by Crippen LogP contribution is -2.40. The van der Waals surface area contributed by atoms with Crippen LogP contribution < -0.4 is 10.5 Å². The molecule has 3 aromatic rings. The summed E-state index contributed by atoms with van der Waals surface area (Å²) in [4.78, 5) is 34.7. The van der Waals surface area contributed by atoms with Gasteiger partial charge >= 0.3 is 0 Å². The van der Waals surface area contributed by atoms with Crippen molar-refractivity contribution in [3.05, 3.63) is 57.0 Å². The molecule has 0 N–H and O–H groups in total. The number of fused-ring (bicyclic) bond motifs is 4. The number of aryl methyl sites for hydroxylation is 1. The predicted octanol–water partition coefficient (Wildman–Crippen LogP) is 3.56. The maximum atomic E-state index is 13.2. The van der Waals surface area contributed by atoms with Crippen LogP contribution in [0.25, 0.3) is 10.2 Å². The third-order valence-electron chi connectivity index (χ3n) is 6.06. The van der Waals surface area contributed by atoms with Gasteiger partial charge in [0.25, 0.3) is 5.56 Å². The van der Waals surface area contributed by atoms with Gasteiger partial charge in [-0.1, -0.05) is 25.1 Å². The first kappa shape index (κ1) is 17.6. The quantitative estimate of drug-likeness (QED) is 0.669. The van der Waals surface area contributed by atoms with Crippen molar-refractivity contribution in [2.24, 2.45) is 5.92 Å². The second-order valence-corrected chi connectivity index (χ2v) is 9.24. The molecule has 5 nitrogen and oxygen atoms in total. The van der Waals surface area contributed by atoms with Crippen LogP contribution in [0.5, 0.6) is 0 Å². The first-order valence-electron chi connectivity index (χ1n) is 9.92. The Hall–Kier alpha value is -2.47. The smallest absolute Gasteiger partial charge is 0.262 e. The summed E-state index contributed by atoms with van der Waals surface area (Å²) in [7, 11) is 0. The van der Waals surface area contributed by atoms with Crippen molar-refractivity contribution in [1.29, 1.82) is 0 Å². The summed E-state index contributed by atoms with van der Waals surface area (Å²) in [5.74, 6) is 0.597. The van der Waals surface area contributed by atoms with Gasteiger partial charge in [-0.05, 0) is 55.7 Å². The zero-order chi connectivity index (χ0) is 19.4. The molecule has 1 aliphatic heterocycles. The van der Waals surface area contributed by atoms with Crippen LogP contribution in [-0.4, -0.2) is 21.5 Å². The minimum Gasteiger partial charge on any atom is -0.307 e. The minimum atomic E-state index is -0.0782. The van der Waals surface area contributed by atoms with Crippen molar-refractivity contribution < 1.29 is 4.79 Å². The predicted molar refractivity (Wildman–Crippen MR) is 112 cm³/mol. The lowest BCUT2D eigenvalue weighted by Gasteiger charge is -2.23. The van der Waals surface area contributed by atoms with Crippen molar-refractivity contribution >= 4 is 33.1 Å². The van der Waals surface area contributed by atoms with Crippen molar-refractivity contribution in [3.8, 4) is 0 Å². The normalized spacial score (nSPS) is 21.0. The Morgan fingerprint density at radius 3 is 2.93 bits per heavy atom. The summed E-state index contributed by atoms with van der Waals surface area (Å²) < 4.78 is 1.49. The van der Waals surface area contributed by atoms with Gasteiger partial charge in [0.15, 0.2) is 0 Å². The number of aromatic nitrogens is 2. The Labute approximate surface area is 167 Å². The molecule has 5 rings (SSSR count). The van der Waals surface area contributed by atoms with E-state index in [0.29, 0.717) is 5.92 Å². The number of anilines is 1. The lowest BCUT2D eigenvalue weighted by molar-refractivity contribution is -0.119. The molecule has 2 aromatic heterocycles. The lowest BCUT2D eigenvalue weighted by atomic mass is 9.89. The van der Waals surface area contributed by atoms with E-state index in [1.807, 2.05) is 23.1 Å². The fourth-order valence-electron chi connectivity index (χ4n) is 4.65. The zero-order valence-electron chi connectivity index (χ0n) is 16.1. The van der Waals surface area contributed by atoms with Gasteiger partial charge in [0.05, 0.1) is 11.7 Å². The summed E-state index contributed by atoms with van der Waals surface area (Å²) in [5.41, 5.74) is 3.23. The van der Waals surface area contributed by atoms with Gasteiger partial charge < -0.3 is 4.90 Å². The van der Waals surface area contributed by atoms with E-state index in [4.69, 9.17) is 0 Å². The number of carbonyl (C=O) groups is 1. The molecule has 2 aliphatic rings. The third kappa shape index (κ3) is 2.70. The number of nitrogens with zero attached hydrogens (tertiary/aromatic N) is 3. The summed E-state index contributed by atoms with van der Waals surface area (Å²) in [5, 5.41) is 0.733. The molecule has 0 fully saturated rings. The van der Waals surface area contributed by atoms with Crippen LogP contribution >= 0.6 is 11.3 Å². The van der Waals surface area contributed by atoms with E-state index in [2.05, 4.69) is 24.9 Å². The van der Waals surface area contributed by atoms with Gasteiger partial charge in [0.2, 0.25) is 5.91 Å². The molecule has 6 heteroatoms. The van der Waals surface area contributed by atoms with E-state index in [0.717, 1.165) is 47.2 Å². The molecule has 0 bridgehead atoms. The van der Waals surface area contributed by atoms with E-state index in [1.54, 1.807) is 17.7 Å². The fourth-order valence-corrected chi connectivity index (χ4v) is 5.99. The van der Waals surface area contributed by atoms with Crippen LogP contribution in [0.2, 0.25) is 0 Å². The minimum absolute atomic E-state index is 0.0292. The molecule has 0 saturated carbocycles. The highest BCUT2D eigenvalue weighted by atomic mass is 32.1. The highest BCUT2D eigenvalue weighted by Gasteiger charge is 2.31. The Morgan fingerprint density at radius 1 is 1.25 bits per heavy atom. The molecule has 2 atom stereocenters. The van der Waals surface area contributed by atoms with Crippen LogP contribution in [-0.2, 0) is 30.6 Å². The Bertz CT molecular complexity index is 1150. The van der Waals surface area contributed by atoms with E-state index in [9.17, 15) is 9.59 Å². The van der Waals surface area contributed by atoms with Crippen LogP contribution in [0.3, 0.4) is 0 Å². The van der Waals surface area contributed by atoms with Gasteiger partial charge in [-0.2, -0.15) is 0 Å².